The monoisotopic (exact) mass is 308 g/mol. The second-order valence-corrected chi connectivity index (χ2v) is 5.01. The van der Waals surface area contributed by atoms with E-state index >= 15 is 0 Å². The molecule has 0 radical (unpaired) electrons. The molecule has 0 aliphatic carbocycles. The van der Waals surface area contributed by atoms with Gasteiger partial charge in [0.05, 0.1) is 17.1 Å². The largest absolute Gasteiger partial charge is 0.373 e. The SMILES string of the molecule is N=C(CCl)NCCC[C@@H]1NC(=O)c2ccccc2NC1=O. The molecule has 21 heavy (non-hydrogen) atoms. The Morgan fingerprint density at radius 3 is 2.86 bits per heavy atom. The quantitative estimate of drug-likeness (QED) is 0.286. The molecule has 7 heteroatoms. The van der Waals surface area contributed by atoms with Gasteiger partial charge in [-0.25, -0.2) is 0 Å². The number of fused-ring (bicyclic) bond motifs is 1. The van der Waals surface area contributed by atoms with Crippen LogP contribution in [0.15, 0.2) is 24.3 Å². The number of anilines is 1. The Labute approximate surface area is 127 Å². The number of alkyl halides is 1. The number of hydrogen-bond donors (Lipinski definition) is 4. The van der Waals surface area contributed by atoms with Crippen LogP contribution in [0.4, 0.5) is 5.69 Å². The molecule has 0 spiro atoms. The van der Waals surface area contributed by atoms with Gasteiger partial charge in [-0.3, -0.25) is 15.0 Å². The molecule has 112 valence electrons. The summed E-state index contributed by atoms with van der Waals surface area (Å²) >= 11 is 5.49. The highest BCUT2D eigenvalue weighted by Crippen LogP contribution is 2.19. The van der Waals surface area contributed by atoms with Crippen molar-refractivity contribution in [1.29, 1.82) is 5.41 Å². The molecule has 1 aromatic rings. The van der Waals surface area contributed by atoms with Crippen molar-refractivity contribution in [3.63, 3.8) is 0 Å². The van der Waals surface area contributed by atoms with Crippen molar-refractivity contribution in [2.24, 2.45) is 0 Å². The van der Waals surface area contributed by atoms with Crippen LogP contribution < -0.4 is 16.0 Å². The van der Waals surface area contributed by atoms with Crippen LogP contribution >= 0.6 is 11.6 Å². The number of amides is 2. The van der Waals surface area contributed by atoms with Crippen molar-refractivity contribution in [3.05, 3.63) is 29.8 Å². The number of carbonyl (C=O) groups excluding carboxylic acids is 2. The Morgan fingerprint density at radius 2 is 2.10 bits per heavy atom. The van der Waals surface area contributed by atoms with Gasteiger partial charge in [0.1, 0.15) is 11.9 Å². The zero-order valence-corrected chi connectivity index (χ0v) is 12.2. The van der Waals surface area contributed by atoms with Crippen LogP contribution in [-0.2, 0) is 4.79 Å². The maximum Gasteiger partial charge on any atom is 0.254 e. The maximum absolute atomic E-state index is 12.1. The number of carbonyl (C=O) groups is 2. The Hall–Kier alpha value is -2.08. The zero-order valence-electron chi connectivity index (χ0n) is 11.4. The number of amidine groups is 1. The van der Waals surface area contributed by atoms with E-state index < -0.39 is 6.04 Å². The van der Waals surface area contributed by atoms with Crippen LogP contribution in [0.2, 0.25) is 0 Å². The Morgan fingerprint density at radius 1 is 1.33 bits per heavy atom. The van der Waals surface area contributed by atoms with Crippen LogP contribution in [-0.4, -0.2) is 36.1 Å². The predicted molar refractivity (Wildman–Crippen MR) is 82.0 cm³/mol. The van der Waals surface area contributed by atoms with E-state index in [1.807, 2.05) is 0 Å². The first kappa shape index (κ1) is 15.3. The first-order valence-corrected chi connectivity index (χ1v) is 7.23. The lowest BCUT2D eigenvalue weighted by Gasteiger charge is -2.14. The molecule has 1 aliphatic heterocycles. The highest BCUT2D eigenvalue weighted by Gasteiger charge is 2.26. The van der Waals surface area contributed by atoms with Crippen LogP contribution in [0.5, 0.6) is 0 Å². The van der Waals surface area contributed by atoms with Gasteiger partial charge in [0.25, 0.3) is 5.91 Å². The Balaban J connectivity index is 1.93. The molecular formula is C14H17ClN4O2. The van der Waals surface area contributed by atoms with Crippen molar-refractivity contribution >= 4 is 34.9 Å². The van der Waals surface area contributed by atoms with Crippen molar-refractivity contribution in [3.8, 4) is 0 Å². The molecule has 0 bridgehead atoms. The summed E-state index contributed by atoms with van der Waals surface area (Å²) < 4.78 is 0. The normalized spacial score (nSPS) is 17.3. The van der Waals surface area contributed by atoms with Gasteiger partial charge in [-0.05, 0) is 25.0 Å². The van der Waals surface area contributed by atoms with Gasteiger partial charge < -0.3 is 16.0 Å². The summed E-state index contributed by atoms with van der Waals surface area (Å²) in [5, 5.41) is 15.7. The lowest BCUT2D eigenvalue weighted by atomic mass is 10.1. The first-order valence-electron chi connectivity index (χ1n) is 6.70. The summed E-state index contributed by atoms with van der Waals surface area (Å²) in [6.45, 7) is 0.540. The molecule has 0 unspecified atom stereocenters. The van der Waals surface area contributed by atoms with Crippen molar-refractivity contribution in [2.45, 2.75) is 18.9 Å². The molecule has 0 fully saturated rings. The summed E-state index contributed by atoms with van der Waals surface area (Å²) in [4.78, 5) is 24.2. The fourth-order valence-corrected chi connectivity index (χ4v) is 2.20. The molecule has 0 saturated heterocycles. The molecule has 4 N–H and O–H groups in total. The van der Waals surface area contributed by atoms with Gasteiger partial charge >= 0.3 is 0 Å². The van der Waals surface area contributed by atoms with E-state index in [2.05, 4.69) is 16.0 Å². The van der Waals surface area contributed by atoms with E-state index in [-0.39, 0.29) is 23.5 Å². The van der Waals surface area contributed by atoms with Gasteiger partial charge in [-0.15, -0.1) is 11.6 Å². The zero-order chi connectivity index (χ0) is 15.2. The molecule has 1 heterocycles. The van der Waals surface area contributed by atoms with Gasteiger partial charge in [0.15, 0.2) is 0 Å². The van der Waals surface area contributed by atoms with Gasteiger partial charge in [-0.1, -0.05) is 12.1 Å². The number of halogens is 1. The maximum atomic E-state index is 12.1. The van der Waals surface area contributed by atoms with Crippen LogP contribution in [0.3, 0.4) is 0 Å². The van der Waals surface area contributed by atoms with Crippen LogP contribution in [0, 0.1) is 5.41 Å². The minimum Gasteiger partial charge on any atom is -0.373 e. The van der Waals surface area contributed by atoms with E-state index in [0.717, 1.165) is 0 Å². The first-order chi connectivity index (χ1) is 10.1. The minimum absolute atomic E-state index is 0.135. The third-order valence-electron chi connectivity index (χ3n) is 3.19. The average molecular weight is 309 g/mol. The Bertz CT molecular complexity index is 562. The fraction of sp³-hybridized carbons (Fsp3) is 0.357. The fourth-order valence-electron chi connectivity index (χ4n) is 2.11. The van der Waals surface area contributed by atoms with Crippen molar-refractivity contribution in [1.82, 2.24) is 10.6 Å². The third-order valence-corrected chi connectivity index (χ3v) is 3.46. The number of para-hydroxylation sites is 1. The van der Waals surface area contributed by atoms with E-state index in [1.165, 1.54) is 0 Å². The highest BCUT2D eigenvalue weighted by molar-refractivity contribution is 6.27. The average Bonchev–Trinajstić information content (AvgIpc) is 2.61. The summed E-state index contributed by atoms with van der Waals surface area (Å²) in [5.41, 5.74) is 1.000. The van der Waals surface area contributed by atoms with E-state index in [0.29, 0.717) is 30.6 Å². The van der Waals surface area contributed by atoms with E-state index in [1.54, 1.807) is 24.3 Å². The number of hydrogen-bond acceptors (Lipinski definition) is 3. The summed E-state index contributed by atoms with van der Waals surface area (Å²) in [6.07, 6.45) is 1.14. The molecule has 1 atom stereocenters. The highest BCUT2D eigenvalue weighted by atomic mass is 35.5. The van der Waals surface area contributed by atoms with Crippen molar-refractivity contribution < 1.29 is 9.59 Å². The molecule has 1 aromatic carbocycles. The minimum atomic E-state index is -0.572. The van der Waals surface area contributed by atoms with E-state index in [4.69, 9.17) is 17.0 Å². The summed E-state index contributed by atoms with van der Waals surface area (Å²) in [6, 6.07) is 6.34. The second-order valence-electron chi connectivity index (χ2n) is 4.74. The lowest BCUT2D eigenvalue weighted by Crippen LogP contribution is -2.41. The van der Waals surface area contributed by atoms with Crippen molar-refractivity contribution in [2.75, 3.05) is 17.7 Å². The molecular weight excluding hydrogens is 292 g/mol. The molecule has 1 aliphatic rings. The topological polar surface area (TPSA) is 94.1 Å². The predicted octanol–water partition coefficient (Wildman–Crippen LogP) is 1.32. The third kappa shape index (κ3) is 3.95. The van der Waals surface area contributed by atoms with E-state index in [9.17, 15) is 9.59 Å². The van der Waals surface area contributed by atoms with Gasteiger partial charge in [-0.2, -0.15) is 0 Å². The number of rotatable bonds is 5. The standard InChI is InChI=1S/C14H17ClN4O2/c15-8-12(16)17-7-3-6-11-14(21)18-10-5-2-1-4-9(10)13(20)19-11/h1-2,4-5,11H,3,6-8H2,(H2,16,17)(H,18,21)(H,19,20)/t11-/m0/s1. The van der Waals surface area contributed by atoms with Gasteiger partial charge in [0.2, 0.25) is 5.91 Å². The second kappa shape index (κ2) is 7.08. The summed E-state index contributed by atoms with van der Waals surface area (Å²) in [7, 11) is 0. The van der Waals surface area contributed by atoms with Crippen LogP contribution in [0.1, 0.15) is 23.2 Å². The number of benzene rings is 1. The molecule has 2 amide bonds. The molecule has 2 rings (SSSR count). The number of nitrogens with one attached hydrogen (secondary N) is 4. The summed E-state index contributed by atoms with van der Waals surface area (Å²) in [5.74, 6) is -0.0924. The molecule has 6 nitrogen and oxygen atoms in total. The molecule has 0 aromatic heterocycles. The van der Waals surface area contributed by atoms with Crippen LogP contribution in [0.25, 0.3) is 0 Å². The lowest BCUT2D eigenvalue weighted by molar-refractivity contribution is -0.118. The Kier molecular flexibility index (Phi) is 5.16. The van der Waals surface area contributed by atoms with Gasteiger partial charge in [0, 0.05) is 6.54 Å². The molecule has 0 saturated carbocycles. The smallest absolute Gasteiger partial charge is 0.254 e.